The number of aromatic nitrogens is 3. The SMILES string of the molecule is Cn1c(C[C@H]2CCS(=O)(=O)C2)nnc1SCC(=O)N1CCC(Cc2ccccc2)CC1. The maximum Gasteiger partial charge on any atom is 0.233 e. The molecule has 31 heavy (non-hydrogen) atoms. The van der Waals surface area contributed by atoms with Crippen LogP contribution in [0.2, 0.25) is 0 Å². The Labute approximate surface area is 188 Å². The zero-order valence-electron chi connectivity index (χ0n) is 17.9. The second-order valence-electron chi connectivity index (χ2n) is 8.73. The first-order valence-electron chi connectivity index (χ1n) is 10.9. The number of likely N-dealkylation sites (tertiary alicyclic amines) is 1. The van der Waals surface area contributed by atoms with Crippen LogP contribution in [-0.2, 0) is 34.5 Å². The fourth-order valence-electron chi connectivity index (χ4n) is 4.49. The second-order valence-corrected chi connectivity index (χ2v) is 11.9. The first-order valence-corrected chi connectivity index (χ1v) is 13.7. The van der Waals surface area contributed by atoms with Gasteiger partial charge in [0.05, 0.1) is 17.3 Å². The summed E-state index contributed by atoms with van der Waals surface area (Å²) < 4.78 is 25.2. The first-order chi connectivity index (χ1) is 14.9. The van der Waals surface area contributed by atoms with Gasteiger partial charge in [-0.05, 0) is 43.1 Å². The monoisotopic (exact) mass is 462 g/mol. The van der Waals surface area contributed by atoms with Gasteiger partial charge in [-0.25, -0.2) is 8.42 Å². The van der Waals surface area contributed by atoms with Crippen molar-refractivity contribution in [1.82, 2.24) is 19.7 Å². The number of thioether (sulfide) groups is 1. The van der Waals surface area contributed by atoms with Crippen molar-refractivity contribution in [3.63, 3.8) is 0 Å². The van der Waals surface area contributed by atoms with Crippen molar-refractivity contribution < 1.29 is 13.2 Å². The summed E-state index contributed by atoms with van der Waals surface area (Å²) in [6.45, 7) is 1.63. The van der Waals surface area contributed by atoms with E-state index in [0.29, 0.717) is 29.7 Å². The predicted molar refractivity (Wildman–Crippen MR) is 122 cm³/mol. The molecule has 0 bridgehead atoms. The number of hydrogen-bond donors (Lipinski definition) is 0. The van der Waals surface area contributed by atoms with Crippen molar-refractivity contribution in [3.8, 4) is 0 Å². The Kier molecular flexibility index (Phi) is 7.01. The summed E-state index contributed by atoms with van der Waals surface area (Å²) in [6.07, 6.45) is 4.48. The number of rotatable bonds is 7. The molecule has 4 rings (SSSR count). The minimum absolute atomic E-state index is 0.115. The summed E-state index contributed by atoms with van der Waals surface area (Å²) in [6, 6.07) is 10.6. The third-order valence-corrected chi connectivity index (χ3v) is 9.22. The average Bonchev–Trinajstić information content (AvgIpc) is 3.29. The highest BCUT2D eigenvalue weighted by Crippen LogP contribution is 2.25. The number of nitrogens with zero attached hydrogens (tertiary/aromatic N) is 4. The van der Waals surface area contributed by atoms with Crippen molar-refractivity contribution in [2.75, 3.05) is 30.3 Å². The van der Waals surface area contributed by atoms with Gasteiger partial charge in [-0.3, -0.25) is 4.79 Å². The van der Waals surface area contributed by atoms with Crippen LogP contribution in [-0.4, -0.2) is 64.3 Å². The number of sulfone groups is 1. The van der Waals surface area contributed by atoms with Crippen molar-refractivity contribution >= 4 is 27.5 Å². The van der Waals surface area contributed by atoms with Crippen LogP contribution >= 0.6 is 11.8 Å². The van der Waals surface area contributed by atoms with Crippen LogP contribution in [0.4, 0.5) is 0 Å². The number of carbonyl (C=O) groups excluding carboxylic acids is 1. The Morgan fingerprint density at radius 3 is 2.48 bits per heavy atom. The van der Waals surface area contributed by atoms with E-state index in [9.17, 15) is 13.2 Å². The summed E-state index contributed by atoms with van der Waals surface area (Å²) in [4.78, 5) is 14.7. The van der Waals surface area contributed by atoms with Crippen molar-refractivity contribution in [2.24, 2.45) is 18.9 Å². The number of benzene rings is 1. The fourth-order valence-corrected chi connectivity index (χ4v) is 7.19. The Morgan fingerprint density at radius 2 is 1.81 bits per heavy atom. The van der Waals surface area contributed by atoms with Crippen LogP contribution in [0.25, 0.3) is 0 Å². The van der Waals surface area contributed by atoms with E-state index in [1.165, 1.54) is 17.3 Å². The van der Waals surface area contributed by atoms with E-state index in [2.05, 4.69) is 34.5 Å². The largest absolute Gasteiger partial charge is 0.342 e. The molecule has 2 aliphatic heterocycles. The van der Waals surface area contributed by atoms with E-state index in [4.69, 9.17) is 0 Å². The van der Waals surface area contributed by atoms with Gasteiger partial charge in [-0.2, -0.15) is 0 Å². The maximum atomic E-state index is 12.7. The minimum atomic E-state index is -2.89. The lowest BCUT2D eigenvalue weighted by molar-refractivity contribution is -0.129. The van der Waals surface area contributed by atoms with E-state index >= 15 is 0 Å². The molecular weight excluding hydrogens is 432 g/mol. The summed E-state index contributed by atoms with van der Waals surface area (Å²) in [5.74, 6) is 2.56. The molecule has 1 atom stereocenters. The third kappa shape index (κ3) is 5.88. The Balaban J connectivity index is 1.23. The van der Waals surface area contributed by atoms with Crippen LogP contribution in [0.3, 0.4) is 0 Å². The predicted octanol–water partition coefficient (Wildman–Crippen LogP) is 2.37. The molecule has 0 saturated carbocycles. The average molecular weight is 463 g/mol. The molecular formula is C22H30N4O3S2. The van der Waals surface area contributed by atoms with Gasteiger partial charge >= 0.3 is 0 Å². The molecule has 0 aliphatic carbocycles. The van der Waals surface area contributed by atoms with Crippen LogP contribution in [0.15, 0.2) is 35.5 Å². The highest BCUT2D eigenvalue weighted by atomic mass is 32.2. The van der Waals surface area contributed by atoms with E-state index in [0.717, 1.165) is 38.2 Å². The number of hydrogen-bond acceptors (Lipinski definition) is 6. The zero-order valence-corrected chi connectivity index (χ0v) is 19.6. The van der Waals surface area contributed by atoms with Gasteiger partial charge in [0.1, 0.15) is 5.82 Å². The molecule has 2 aliphatic rings. The fraction of sp³-hybridized carbons (Fsp3) is 0.591. The normalized spacial score (nSPS) is 21.5. The Morgan fingerprint density at radius 1 is 1.06 bits per heavy atom. The highest BCUT2D eigenvalue weighted by molar-refractivity contribution is 7.99. The molecule has 0 radical (unpaired) electrons. The molecule has 2 aromatic rings. The van der Waals surface area contributed by atoms with Crippen LogP contribution in [0, 0.1) is 11.8 Å². The van der Waals surface area contributed by atoms with Crippen LogP contribution in [0.5, 0.6) is 0 Å². The Hall–Kier alpha value is -1.87. The van der Waals surface area contributed by atoms with E-state index in [1.54, 1.807) is 0 Å². The van der Waals surface area contributed by atoms with E-state index < -0.39 is 9.84 Å². The summed E-state index contributed by atoms with van der Waals surface area (Å²) in [5.41, 5.74) is 1.37. The molecule has 1 aromatic heterocycles. The number of amides is 1. The standard InChI is InChI=1S/C22H30N4O3S2/c1-25-20(14-19-9-12-31(28,29)16-19)23-24-22(25)30-15-21(27)26-10-7-18(8-11-26)13-17-5-3-2-4-6-17/h2-6,18-19H,7-16H2,1H3/t19-/m1/s1. The summed E-state index contributed by atoms with van der Waals surface area (Å²) >= 11 is 1.41. The molecule has 0 N–H and O–H groups in total. The lowest BCUT2D eigenvalue weighted by Crippen LogP contribution is -2.39. The van der Waals surface area contributed by atoms with Crippen LogP contribution in [0.1, 0.15) is 30.7 Å². The van der Waals surface area contributed by atoms with Gasteiger partial charge < -0.3 is 9.47 Å². The second kappa shape index (κ2) is 9.73. The van der Waals surface area contributed by atoms with E-state index in [1.807, 2.05) is 22.6 Å². The van der Waals surface area contributed by atoms with Gasteiger partial charge in [0.25, 0.3) is 0 Å². The molecule has 1 amide bonds. The minimum Gasteiger partial charge on any atom is -0.342 e. The smallest absolute Gasteiger partial charge is 0.233 e. The van der Waals surface area contributed by atoms with Crippen molar-refractivity contribution in [1.29, 1.82) is 0 Å². The molecule has 0 unspecified atom stereocenters. The van der Waals surface area contributed by atoms with E-state index in [-0.39, 0.29) is 23.3 Å². The summed E-state index contributed by atoms with van der Waals surface area (Å²) in [5, 5.41) is 9.18. The lowest BCUT2D eigenvalue weighted by atomic mass is 9.90. The molecule has 7 nitrogen and oxygen atoms in total. The van der Waals surface area contributed by atoms with Crippen molar-refractivity contribution in [3.05, 3.63) is 41.7 Å². The van der Waals surface area contributed by atoms with Crippen LogP contribution < -0.4 is 0 Å². The molecule has 3 heterocycles. The topological polar surface area (TPSA) is 85.2 Å². The maximum absolute atomic E-state index is 12.7. The van der Waals surface area contributed by atoms with Gasteiger partial charge in [-0.15, -0.1) is 10.2 Å². The lowest BCUT2D eigenvalue weighted by Gasteiger charge is -2.32. The molecule has 2 saturated heterocycles. The summed E-state index contributed by atoms with van der Waals surface area (Å²) in [7, 11) is -1.00. The molecule has 1 aromatic carbocycles. The van der Waals surface area contributed by atoms with Gasteiger partial charge in [0.15, 0.2) is 15.0 Å². The van der Waals surface area contributed by atoms with Gasteiger partial charge in [-0.1, -0.05) is 42.1 Å². The molecule has 2 fully saturated rings. The van der Waals surface area contributed by atoms with Crippen molar-refractivity contribution in [2.45, 2.75) is 37.3 Å². The quantitative estimate of drug-likeness (QED) is 0.588. The molecule has 0 spiro atoms. The third-order valence-electron chi connectivity index (χ3n) is 6.38. The number of carbonyl (C=O) groups is 1. The first kappa shape index (κ1) is 22.3. The van der Waals surface area contributed by atoms with Gasteiger partial charge in [0.2, 0.25) is 5.91 Å². The highest BCUT2D eigenvalue weighted by Gasteiger charge is 2.29. The number of piperidine rings is 1. The molecule has 168 valence electrons. The molecule has 9 heteroatoms. The van der Waals surface area contributed by atoms with Gasteiger partial charge in [0, 0.05) is 26.6 Å². The Bertz CT molecular complexity index is 999. The zero-order chi connectivity index (χ0) is 21.8.